The standard InChI is InChI=1S/C15H10F3N5O4/c1-7-9(6-19)13(24)22(2)14(25)12(7)21-20-8-3-4-11(23(26)27)10(5-8)15(16,17)18/h3-5,24H,1-2H3. The third-order valence-corrected chi connectivity index (χ3v) is 3.64. The van der Waals surface area contributed by atoms with Gasteiger partial charge in [0.05, 0.1) is 10.6 Å². The van der Waals surface area contributed by atoms with Gasteiger partial charge in [0, 0.05) is 18.7 Å². The molecule has 0 aliphatic carbocycles. The van der Waals surface area contributed by atoms with Crippen LogP contribution in [0.2, 0.25) is 0 Å². The summed E-state index contributed by atoms with van der Waals surface area (Å²) >= 11 is 0. The maximum Gasteiger partial charge on any atom is 0.423 e. The number of aromatic hydroxyl groups is 1. The molecule has 0 radical (unpaired) electrons. The van der Waals surface area contributed by atoms with Crippen molar-refractivity contribution in [2.45, 2.75) is 13.1 Å². The van der Waals surface area contributed by atoms with Crippen LogP contribution in [0.3, 0.4) is 0 Å². The van der Waals surface area contributed by atoms with Crippen molar-refractivity contribution in [1.82, 2.24) is 4.57 Å². The lowest BCUT2D eigenvalue weighted by Crippen LogP contribution is -2.18. The molecule has 27 heavy (non-hydrogen) atoms. The first-order chi connectivity index (χ1) is 12.5. The summed E-state index contributed by atoms with van der Waals surface area (Å²) < 4.78 is 39.7. The van der Waals surface area contributed by atoms with Crippen LogP contribution in [0.1, 0.15) is 16.7 Å². The summed E-state index contributed by atoms with van der Waals surface area (Å²) in [4.78, 5) is 21.7. The van der Waals surface area contributed by atoms with Gasteiger partial charge in [-0.25, -0.2) is 0 Å². The van der Waals surface area contributed by atoms with Crippen molar-refractivity contribution in [1.29, 1.82) is 5.26 Å². The van der Waals surface area contributed by atoms with Crippen LogP contribution in [0.5, 0.6) is 5.88 Å². The van der Waals surface area contributed by atoms with Gasteiger partial charge in [0.15, 0.2) is 5.69 Å². The first-order valence-electron chi connectivity index (χ1n) is 7.09. The number of nitro benzene ring substituents is 1. The highest BCUT2D eigenvalue weighted by Gasteiger charge is 2.38. The van der Waals surface area contributed by atoms with Gasteiger partial charge in [-0.05, 0) is 19.1 Å². The highest BCUT2D eigenvalue weighted by Crippen LogP contribution is 2.38. The van der Waals surface area contributed by atoms with Crippen molar-refractivity contribution in [2.24, 2.45) is 17.3 Å². The zero-order valence-electron chi connectivity index (χ0n) is 13.8. The largest absolute Gasteiger partial charge is 0.493 e. The van der Waals surface area contributed by atoms with Crippen molar-refractivity contribution in [3.8, 4) is 11.9 Å². The van der Waals surface area contributed by atoms with E-state index in [-0.39, 0.29) is 22.5 Å². The number of benzene rings is 1. The molecular weight excluding hydrogens is 371 g/mol. The molecule has 0 unspecified atom stereocenters. The number of aromatic nitrogens is 1. The Morgan fingerprint density at radius 1 is 1.33 bits per heavy atom. The topological polar surface area (TPSA) is 134 Å². The number of halogens is 3. The van der Waals surface area contributed by atoms with E-state index in [0.29, 0.717) is 12.1 Å². The van der Waals surface area contributed by atoms with E-state index < -0.39 is 33.8 Å². The normalized spacial score (nSPS) is 11.6. The molecule has 9 nitrogen and oxygen atoms in total. The molecule has 1 heterocycles. The summed E-state index contributed by atoms with van der Waals surface area (Å²) in [6, 6.07) is 3.67. The van der Waals surface area contributed by atoms with Crippen LogP contribution in [0.25, 0.3) is 0 Å². The second-order valence-electron chi connectivity index (χ2n) is 5.30. The number of nitriles is 1. The molecule has 0 bridgehead atoms. The van der Waals surface area contributed by atoms with Gasteiger partial charge in [0.25, 0.3) is 11.2 Å². The number of azo groups is 1. The van der Waals surface area contributed by atoms with Crippen LogP contribution in [-0.4, -0.2) is 14.6 Å². The fourth-order valence-electron chi connectivity index (χ4n) is 2.20. The molecule has 2 rings (SSSR count). The molecule has 12 heteroatoms. The van der Waals surface area contributed by atoms with E-state index in [1.807, 2.05) is 0 Å². The quantitative estimate of drug-likeness (QED) is 0.492. The summed E-state index contributed by atoms with van der Waals surface area (Å²) in [5.41, 5.74) is -4.50. The van der Waals surface area contributed by atoms with Crippen LogP contribution >= 0.6 is 0 Å². The van der Waals surface area contributed by atoms with Gasteiger partial charge >= 0.3 is 6.18 Å². The molecule has 0 saturated heterocycles. The van der Waals surface area contributed by atoms with Gasteiger partial charge in [-0.2, -0.15) is 23.5 Å². The summed E-state index contributed by atoms with van der Waals surface area (Å²) in [5.74, 6) is -0.589. The third kappa shape index (κ3) is 3.61. The number of hydrogen-bond acceptors (Lipinski definition) is 7. The monoisotopic (exact) mass is 381 g/mol. The van der Waals surface area contributed by atoms with Gasteiger partial charge in [-0.15, -0.1) is 5.11 Å². The van der Waals surface area contributed by atoms with Gasteiger partial charge in [-0.1, -0.05) is 0 Å². The Bertz CT molecular complexity index is 1070. The highest BCUT2D eigenvalue weighted by molar-refractivity contribution is 5.57. The third-order valence-electron chi connectivity index (χ3n) is 3.64. The van der Waals surface area contributed by atoms with Gasteiger partial charge in [-0.3, -0.25) is 19.5 Å². The number of nitro groups is 1. The maximum absolute atomic E-state index is 13.0. The molecule has 2 aromatic rings. The lowest BCUT2D eigenvalue weighted by molar-refractivity contribution is -0.388. The Morgan fingerprint density at radius 3 is 2.48 bits per heavy atom. The van der Waals surface area contributed by atoms with E-state index in [0.717, 1.165) is 10.6 Å². The minimum absolute atomic E-state index is 0.0141. The van der Waals surface area contributed by atoms with Gasteiger partial charge in [0.2, 0.25) is 5.88 Å². The number of pyridine rings is 1. The smallest absolute Gasteiger partial charge is 0.423 e. The van der Waals surface area contributed by atoms with Crippen LogP contribution in [0.15, 0.2) is 33.2 Å². The minimum atomic E-state index is -4.99. The molecule has 0 aliphatic rings. The molecule has 140 valence electrons. The molecule has 0 spiro atoms. The predicted molar refractivity (Wildman–Crippen MR) is 85.1 cm³/mol. The predicted octanol–water partition coefficient (Wildman–Crippen LogP) is 3.61. The Balaban J connectivity index is 2.61. The summed E-state index contributed by atoms with van der Waals surface area (Å²) in [5, 5.41) is 36.6. The Hall–Kier alpha value is -3.75. The van der Waals surface area contributed by atoms with E-state index in [4.69, 9.17) is 5.26 Å². The summed E-state index contributed by atoms with van der Waals surface area (Å²) in [6.45, 7) is 1.31. The highest BCUT2D eigenvalue weighted by atomic mass is 19.4. The molecule has 0 fully saturated rings. The average molecular weight is 381 g/mol. The molecule has 1 aromatic carbocycles. The molecule has 1 N–H and O–H groups in total. The van der Waals surface area contributed by atoms with E-state index in [2.05, 4.69) is 10.2 Å². The number of rotatable bonds is 3. The summed E-state index contributed by atoms with van der Waals surface area (Å²) in [6.07, 6.45) is -4.99. The molecule has 0 aliphatic heterocycles. The Labute approximate surface area is 148 Å². The van der Waals surface area contributed by atoms with E-state index in [1.54, 1.807) is 6.07 Å². The van der Waals surface area contributed by atoms with Crippen LogP contribution in [0, 0.1) is 28.4 Å². The fraction of sp³-hybridized carbons (Fsp3) is 0.200. The van der Waals surface area contributed by atoms with Crippen molar-refractivity contribution < 1.29 is 23.2 Å². The SMILES string of the molecule is Cc1c(C#N)c(O)n(C)c(=O)c1N=Nc1ccc([N+](=O)[O-])c(C(F)(F)F)c1. The molecule has 0 amide bonds. The lowest BCUT2D eigenvalue weighted by Gasteiger charge is -2.09. The van der Waals surface area contributed by atoms with Crippen molar-refractivity contribution in [3.63, 3.8) is 0 Å². The maximum atomic E-state index is 13.0. The minimum Gasteiger partial charge on any atom is -0.493 e. The fourth-order valence-corrected chi connectivity index (χ4v) is 2.20. The van der Waals surface area contributed by atoms with Gasteiger partial charge < -0.3 is 5.11 Å². The zero-order valence-corrected chi connectivity index (χ0v) is 13.8. The first-order valence-corrected chi connectivity index (χ1v) is 7.09. The number of hydrogen-bond donors (Lipinski definition) is 1. The molecule has 0 saturated carbocycles. The van der Waals surface area contributed by atoms with E-state index in [1.165, 1.54) is 14.0 Å². The number of nitrogens with zero attached hydrogens (tertiary/aromatic N) is 5. The Kier molecular flexibility index (Phi) is 4.98. The van der Waals surface area contributed by atoms with Crippen molar-refractivity contribution >= 4 is 17.1 Å². The van der Waals surface area contributed by atoms with Crippen LogP contribution in [0.4, 0.5) is 30.2 Å². The van der Waals surface area contributed by atoms with Crippen molar-refractivity contribution in [2.75, 3.05) is 0 Å². The molecule has 1 aromatic heterocycles. The second kappa shape index (κ2) is 6.87. The van der Waals surface area contributed by atoms with Crippen LogP contribution < -0.4 is 5.56 Å². The van der Waals surface area contributed by atoms with Crippen LogP contribution in [-0.2, 0) is 13.2 Å². The molecular formula is C15H10F3N5O4. The molecule has 0 atom stereocenters. The lowest BCUT2D eigenvalue weighted by atomic mass is 10.1. The average Bonchev–Trinajstić information content (AvgIpc) is 2.59. The van der Waals surface area contributed by atoms with E-state index >= 15 is 0 Å². The van der Waals surface area contributed by atoms with E-state index in [9.17, 15) is 33.2 Å². The number of alkyl halides is 3. The van der Waals surface area contributed by atoms with Crippen molar-refractivity contribution in [3.05, 3.63) is 55.4 Å². The zero-order chi connectivity index (χ0) is 20.5. The first kappa shape index (κ1) is 19.6. The second-order valence-corrected chi connectivity index (χ2v) is 5.30. The summed E-state index contributed by atoms with van der Waals surface area (Å²) in [7, 11) is 1.17. The Morgan fingerprint density at radius 2 is 1.96 bits per heavy atom. The van der Waals surface area contributed by atoms with Gasteiger partial charge in [0.1, 0.15) is 17.2 Å².